The van der Waals surface area contributed by atoms with Gasteiger partial charge in [-0.2, -0.15) is 4.89 Å². The van der Waals surface area contributed by atoms with Crippen LogP contribution in [-0.2, 0) is 24.9 Å². The van der Waals surface area contributed by atoms with Crippen molar-refractivity contribution in [3.8, 4) is 11.5 Å². The van der Waals surface area contributed by atoms with E-state index < -0.39 is 19.2 Å². The Kier molecular flexibility index (Phi) is 5.90. The summed E-state index contributed by atoms with van der Waals surface area (Å²) in [4.78, 5) is 33.6. The zero-order valence-corrected chi connectivity index (χ0v) is 20.7. The van der Waals surface area contributed by atoms with Gasteiger partial charge in [-0.05, 0) is 62.0 Å². The number of alkyl halides is 1. The van der Waals surface area contributed by atoms with E-state index in [0.717, 1.165) is 32.1 Å². The van der Waals surface area contributed by atoms with E-state index in [1.807, 2.05) is 0 Å². The molecule has 5 aliphatic rings. The smallest absolute Gasteiger partial charge is 0.780 e. The average molecular weight is 468 g/mol. The first-order chi connectivity index (χ1) is 13.6. The summed E-state index contributed by atoms with van der Waals surface area (Å²) < 4.78 is 27.0. The molecule has 160 valence electrons. The molecule has 0 radical (unpaired) electrons. The van der Waals surface area contributed by atoms with Gasteiger partial charge in [-0.15, -0.1) is 11.6 Å². The molecule has 0 aromatic heterocycles. The number of hydrogen-bond donors (Lipinski definition) is 0. The molecule has 3 unspecified atom stereocenters. The van der Waals surface area contributed by atoms with E-state index in [1.54, 1.807) is 6.07 Å². The standard InChI is InChI=1S/C19H24ClO8P.Na/c1-24-15-5-12(6-16(7-15)26-29(21,22)23)19(25-2)18(27-28-19)13-3-11-4-14(18)10-17(20,8-11)9-13;/h5-7,11,13-14H,3-4,8-10H2,1-2H3,(H2,21,22,23);/q;+1/p-2. The van der Waals surface area contributed by atoms with Gasteiger partial charge in [0.2, 0.25) is 0 Å². The number of ether oxygens (including phenoxy) is 2. The van der Waals surface area contributed by atoms with Gasteiger partial charge in [-0.25, -0.2) is 4.89 Å². The van der Waals surface area contributed by atoms with Crippen LogP contribution in [0.3, 0.4) is 0 Å². The molecule has 1 aromatic carbocycles. The average Bonchev–Trinajstić information content (AvgIpc) is 2.58. The minimum Gasteiger partial charge on any atom is -0.780 e. The quantitative estimate of drug-likeness (QED) is 0.240. The van der Waals surface area contributed by atoms with E-state index in [-0.39, 0.29) is 52.0 Å². The Morgan fingerprint density at radius 1 is 1.07 bits per heavy atom. The molecule has 1 heterocycles. The normalized spacial score (nSPS) is 41.3. The van der Waals surface area contributed by atoms with E-state index in [0.29, 0.717) is 17.2 Å². The van der Waals surface area contributed by atoms with E-state index in [1.165, 1.54) is 26.4 Å². The van der Waals surface area contributed by atoms with E-state index >= 15 is 0 Å². The molecule has 30 heavy (non-hydrogen) atoms. The number of hydrogen-bond acceptors (Lipinski definition) is 8. The van der Waals surface area contributed by atoms with Crippen molar-refractivity contribution in [3.63, 3.8) is 0 Å². The number of methoxy groups -OCH3 is 2. The molecule has 5 fully saturated rings. The Morgan fingerprint density at radius 2 is 1.70 bits per heavy atom. The second kappa shape index (κ2) is 7.59. The molecular formula is C19H22ClNaO8P-. The van der Waals surface area contributed by atoms with Gasteiger partial charge in [-0.1, -0.05) is 0 Å². The number of rotatable bonds is 5. The van der Waals surface area contributed by atoms with E-state index in [9.17, 15) is 14.4 Å². The first-order valence-electron chi connectivity index (χ1n) is 9.65. The van der Waals surface area contributed by atoms with Crippen LogP contribution >= 0.6 is 19.4 Å². The zero-order valence-electron chi connectivity index (χ0n) is 17.1. The summed E-state index contributed by atoms with van der Waals surface area (Å²) in [5, 5.41) is 0. The topological polar surface area (TPSA) is 109 Å². The molecule has 6 rings (SSSR count). The molecule has 4 saturated carbocycles. The van der Waals surface area contributed by atoms with Crippen LogP contribution < -0.4 is 48.6 Å². The SMILES string of the molecule is COc1cc(OP(=O)([O-])[O-])cc(C2(OC)OOC23C2CC4CC3CC(Cl)(C4)C2)c1.[Na+]. The number of phosphoric acid groups is 1. The summed E-state index contributed by atoms with van der Waals surface area (Å²) in [6.45, 7) is 0. The molecule has 1 saturated heterocycles. The first-order valence-corrected chi connectivity index (χ1v) is 11.5. The molecule has 3 atom stereocenters. The van der Waals surface area contributed by atoms with Crippen molar-refractivity contribution < 1.29 is 67.7 Å². The number of phosphoric ester groups is 1. The zero-order chi connectivity index (χ0) is 20.7. The minimum absolute atomic E-state index is 0. The van der Waals surface area contributed by atoms with Crippen LogP contribution in [0.15, 0.2) is 18.2 Å². The Hall–Kier alpha value is 0.140. The van der Waals surface area contributed by atoms with Gasteiger partial charge in [0.15, 0.2) is 5.60 Å². The fraction of sp³-hybridized carbons (Fsp3) is 0.684. The summed E-state index contributed by atoms with van der Waals surface area (Å²) in [7, 11) is -2.29. The summed E-state index contributed by atoms with van der Waals surface area (Å²) in [5.74, 6) is -0.282. The van der Waals surface area contributed by atoms with Gasteiger partial charge < -0.3 is 28.3 Å². The summed E-state index contributed by atoms with van der Waals surface area (Å²) in [5.41, 5.74) is -0.260. The van der Waals surface area contributed by atoms with Gasteiger partial charge in [0.1, 0.15) is 19.3 Å². The van der Waals surface area contributed by atoms with Crippen molar-refractivity contribution in [1.29, 1.82) is 0 Å². The van der Waals surface area contributed by atoms with Gasteiger partial charge in [-0.3, -0.25) is 0 Å². The van der Waals surface area contributed by atoms with Crippen molar-refractivity contribution in [2.75, 3.05) is 14.2 Å². The maximum absolute atomic E-state index is 11.2. The van der Waals surface area contributed by atoms with Crippen LogP contribution in [0.5, 0.6) is 11.5 Å². The van der Waals surface area contributed by atoms with Crippen molar-refractivity contribution in [2.45, 2.75) is 48.4 Å². The van der Waals surface area contributed by atoms with Crippen LogP contribution in [0.4, 0.5) is 0 Å². The number of benzene rings is 1. The third kappa shape index (κ3) is 3.31. The monoisotopic (exact) mass is 467 g/mol. The number of halogens is 1. The predicted molar refractivity (Wildman–Crippen MR) is 97.0 cm³/mol. The fourth-order valence-corrected chi connectivity index (χ4v) is 7.36. The Bertz CT molecular complexity index is 873. The molecular weight excluding hydrogens is 446 g/mol. The third-order valence-corrected chi connectivity index (χ3v) is 8.04. The molecule has 1 spiro atoms. The van der Waals surface area contributed by atoms with Crippen LogP contribution in [0.1, 0.15) is 37.7 Å². The Morgan fingerprint density at radius 3 is 2.17 bits per heavy atom. The summed E-state index contributed by atoms with van der Waals surface area (Å²) in [6, 6.07) is 4.44. The largest absolute Gasteiger partial charge is 1.00 e. The van der Waals surface area contributed by atoms with E-state index in [4.69, 9.17) is 30.8 Å². The van der Waals surface area contributed by atoms with Gasteiger partial charge >= 0.3 is 29.6 Å². The van der Waals surface area contributed by atoms with Crippen molar-refractivity contribution >= 4 is 19.4 Å². The first kappa shape index (κ1) is 23.3. The van der Waals surface area contributed by atoms with Crippen LogP contribution in [0, 0.1) is 17.8 Å². The maximum Gasteiger partial charge on any atom is 1.00 e. The maximum atomic E-state index is 11.2. The molecule has 1 aromatic rings. The van der Waals surface area contributed by atoms with Gasteiger partial charge in [0.25, 0.3) is 5.79 Å². The Balaban J connectivity index is 0.00000218. The molecule has 8 nitrogen and oxygen atoms in total. The second-order valence-electron chi connectivity index (χ2n) is 8.71. The van der Waals surface area contributed by atoms with Crippen LogP contribution in [0.25, 0.3) is 0 Å². The molecule has 1 aliphatic heterocycles. The molecule has 4 bridgehead atoms. The second-order valence-corrected chi connectivity index (χ2v) is 10.6. The third-order valence-electron chi connectivity index (χ3n) is 7.14. The predicted octanol–water partition coefficient (Wildman–Crippen LogP) is -0.776. The van der Waals surface area contributed by atoms with Crippen LogP contribution in [0.2, 0.25) is 0 Å². The van der Waals surface area contributed by atoms with Crippen LogP contribution in [-0.4, -0.2) is 24.7 Å². The molecule has 0 amide bonds. The molecule has 4 aliphatic carbocycles. The van der Waals surface area contributed by atoms with Crippen molar-refractivity contribution in [2.24, 2.45) is 17.8 Å². The molecule has 11 heteroatoms. The minimum atomic E-state index is -5.25. The fourth-order valence-electron chi connectivity index (χ4n) is 6.41. The van der Waals surface area contributed by atoms with E-state index in [2.05, 4.69) is 4.52 Å². The van der Waals surface area contributed by atoms with Crippen molar-refractivity contribution in [1.82, 2.24) is 0 Å². The van der Waals surface area contributed by atoms with Crippen molar-refractivity contribution in [3.05, 3.63) is 23.8 Å². The summed E-state index contributed by atoms with van der Waals surface area (Å²) >= 11 is 6.89. The van der Waals surface area contributed by atoms with Gasteiger partial charge in [0, 0.05) is 23.6 Å². The Labute approximate surface area is 202 Å². The van der Waals surface area contributed by atoms with Gasteiger partial charge in [0.05, 0.1) is 7.11 Å². The summed E-state index contributed by atoms with van der Waals surface area (Å²) in [6.07, 6.45) is 4.59. The molecule has 0 N–H and O–H groups in total.